The van der Waals surface area contributed by atoms with Crippen molar-refractivity contribution in [1.29, 1.82) is 0 Å². The highest BCUT2D eigenvalue weighted by Gasteiger charge is 2.32. The van der Waals surface area contributed by atoms with E-state index in [0.29, 0.717) is 5.69 Å². The molecule has 1 N–H and O–H groups in total. The van der Waals surface area contributed by atoms with Crippen molar-refractivity contribution < 1.29 is 4.79 Å². The van der Waals surface area contributed by atoms with Gasteiger partial charge in [0.2, 0.25) is 0 Å². The molecule has 0 saturated carbocycles. The van der Waals surface area contributed by atoms with Gasteiger partial charge in [-0.3, -0.25) is 14.6 Å². The lowest BCUT2D eigenvalue weighted by atomic mass is 9.98. The highest BCUT2D eigenvalue weighted by Crippen LogP contribution is 2.32. The van der Waals surface area contributed by atoms with Crippen molar-refractivity contribution in [1.82, 2.24) is 24.9 Å². The summed E-state index contributed by atoms with van der Waals surface area (Å²) in [7, 11) is 1.93. The largest absolute Gasteiger partial charge is 0.329 e. The Morgan fingerprint density at radius 1 is 1.38 bits per heavy atom. The fourth-order valence-corrected chi connectivity index (χ4v) is 3.02. The van der Waals surface area contributed by atoms with Crippen LogP contribution >= 0.6 is 0 Å². The smallest absolute Gasteiger partial charge is 0.275 e. The van der Waals surface area contributed by atoms with E-state index in [1.165, 1.54) is 0 Å². The van der Waals surface area contributed by atoms with E-state index in [0.717, 1.165) is 42.8 Å². The van der Waals surface area contributed by atoms with Crippen LogP contribution in [0.1, 0.15) is 52.7 Å². The third kappa shape index (κ3) is 2.34. The molecule has 0 aliphatic carbocycles. The number of nitrogens with zero attached hydrogens (tertiary/aromatic N) is 4. The fourth-order valence-electron chi connectivity index (χ4n) is 3.02. The molecule has 1 aliphatic heterocycles. The summed E-state index contributed by atoms with van der Waals surface area (Å²) in [5.74, 6) is 0.0164. The van der Waals surface area contributed by atoms with Crippen molar-refractivity contribution in [2.24, 2.45) is 7.05 Å². The SMILES string of the molecule is Cc1[nH]nc(C(=O)N2CCCC[C@@H]2c2ccnn2C)c1C. The number of aromatic amines is 1. The van der Waals surface area contributed by atoms with Gasteiger partial charge in [0.15, 0.2) is 5.69 Å². The molecule has 2 aromatic rings. The molecular formula is C15H21N5O. The van der Waals surface area contributed by atoms with E-state index >= 15 is 0 Å². The van der Waals surface area contributed by atoms with Crippen LogP contribution in [0.5, 0.6) is 0 Å². The Hall–Kier alpha value is -2.11. The van der Waals surface area contributed by atoms with Gasteiger partial charge in [0, 0.05) is 31.0 Å². The van der Waals surface area contributed by atoms with E-state index in [9.17, 15) is 4.79 Å². The molecule has 21 heavy (non-hydrogen) atoms. The minimum Gasteiger partial charge on any atom is -0.329 e. The number of aromatic nitrogens is 4. The number of piperidine rings is 1. The number of hydrogen-bond acceptors (Lipinski definition) is 3. The van der Waals surface area contributed by atoms with Crippen LogP contribution in [-0.4, -0.2) is 37.3 Å². The first-order valence-corrected chi connectivity index (χ1v) is 7.40. The molecule has 1 atom stereocenters. The van der Waals surface area contributed by atoms with Crippen LogP contribution in [0.4, 0.5) is 0 Å². The number of likely N-dealkylation sites (tertiary alicyclic amines) is 1. The number of carbonyl (C=O) groups is 1. The Morgan fingerprint density at radius 2 is 2.19 bits per heavy atom. The van der Waals surface area contributed by atoms with Gasteiger partial charge in [-0.1, -0.05) is 0 Å². The van der Waals surface area contributed by atoms with Gasteiger partial charge in [0.05, 0.1) is 11.7 Å². The lowest BCUT2D eigenvalue weighted by Gasteiger charge is -2.35. The molecule has 1 saturated heterocycles. The zero-order valence-electron chi connectivity index (χ0n) is 12.8. The van der Waals surface area contributed by atoms with Crippen molar-refractivity contribution in [3.8, 4) is 0 Å². The molecule has 0 radical (unpaired) electrons. The highest BCUT2D eigenvalue weighted by molar-refractivity contribution is 5.94. The van der Waals surface area contributed by atoms with Gasteiger partial charge in [-0.25, -0.2) is 0 Å². The lowest BCUT2D eigenvalue weighted by Crippen LogP contribution is -2.39. The Morgan fingerprint density at radius 3 is 2.81 bits per heavy atom. The third-order valence-electron chi connectivity index (χ3n) is 4.42. The molecule has 1 fully saturated rings. The summed E-state index contributed by atoms with van der Waals surface area (Å²) in [6.07, 6.45) is 4.95. The highest BCUT2D eigenvalue weighted by atomic mass is 16.2. The zero-order chi connectivity index (χ0) is 15.0. The van der Waals surface area contributed by atoms with Crippen LogP contribution in [0.3, 0.4) is 0 Å². The molecule has 0 spiro atoms. The first-order valence-electron chi connectivity index (χ1n) is 7.40. The van der Waals surface area contributed by atoms with E-state index in [4.69, 9.17) is 0 Å². The van der Waals surface area contributed by atoms with Crippen LogP contribution in [0.25, 0.3) is 0 Å². The number of hydrogen-bond donors (Lipinski definition) is 1. The number of aryl methyl sites for hydroxylation is 2. The van der Waals surface area contributed by atoms with Crippen LogP contribution in [0.15, 0.2) is 12.3 Å². The Labute approximate surface area is 124 Å². The molecule has 112 valence electrons. The maximum Gasteiger partial charge on any atom is 0.275 e. The van der Waals surface area contributed by atoms with Crippen molar-refractivity contribution in [3.05, 3.63) is 34.9 Å². The number of H-pyrrole nitrogens is 1. The number of carbonyl (C=O) groups excluding carboxylic acids is 1. The molecule has 0 bridgehead atoms. The minimum atomic E-state index is 0.0164. The third-order valence-corrected chi connectivity index (χ3v) is 4.42. The first-order chi connectivity index (χ1) is 10.1. The zero-order valence-corrected chi connectivity index (χ0v) is 12.8. The summed E-state index contributed by atoms with van der Waals surface area (Å²) in [6.45, 7) is 4.66. The second-order valence-electron chi connectivity index (χ2n) is 5.71. The van der Waals surface area contributed by atoms with E-state index in [1.807, 2.05) is 36.5 Å². The van der Waals surface area contributed by atoms with Gasteiger partial charge in [0.1, 0.15) is 0 Å². The Balaban J connectivity index is 1.93. The summed E-state index contributed by atoms with van der Waals surface area (Å²) in [5.41, 5.74) is 3.52. The van der Waals surface area contributed by atoms with Gasteiger partial charge in [-0.2, -0.15) is 10.2 Å². The average Bonchev–Trinajstić information content (AvgIpc) is 3.05. The molecule has 0 aromatic carbocycles. The monoisotopic (exact) mass is 287 g/mol. The van der Waals surface area contributed by atoms with Crippen molar-refractivity contribution in [3.63, 3.8) is 0 Å². The molecule has 6 heteroatoms. The van der Waals surface area contributed by atoms with E-state index in [-0.39, 0.29) is 11.9 Å². The quantitative estimate of drug-likeness (QED) is 0.920. The second kappa shape index (κ2) is 5.35. The van der Waals surface area contributed by atoms with Gasteiger partial charge in [0.25, 0.3) is 5.91 Å². The molecule has 3 rings (SSSR count). The standard InChI is InChI=1S/C15H21N5O/c1-10-11(2)17-18-14(10)15(21)20-9-5-4-6-13(20)12-7-8-16-19(12)3/h7-8,13H,4-6,9H2,1-3H3,(H,17,18)/t13-/m1/s1. The van der Waals surface area contributed by atoms with E-state index in [2.05, 4.69) is 15.3 Å². The summed E-state index contributed by atoms with van der Waals surface area (Å²) >= 11 is 0. The molecule has 2 aromatic heterocycles. The van der Waals surface area contributed by atoms with Gasteiger partial charge >= 0.3 is 0 Å². The second-order valence-corrected chi connectivity index (χ2v) is 5.71. The molecular weight excluding hydrogens is 266 g/mol. The fraction of sp³-hybridized carbons (Fsp3) is 0.533. The van der Waals surface area contributed by atoms with Crippen LogP contribution in [0.2, 0.25) is 0 Å². The van der Waals surface area contributed by atoms with Gasteiger partial charge < -0.3 is 4.90 Å². The van der Waals surface area contributed by atoms with Gasteiger partial charge in [-0.05, 0) is 39.2 Å². The van der Waals surface area contributed by atoms with E-state index in [1.54, 1.807) is 6.20 Å². The maximum atomic E-state index is 12.9. The normalized spacial score (nSPS) is 19.0. The molecule has 1 aliphatic rings. The predicted molar refractivity (Wildman–Crippen MR) is 78.9 cm³/mol. The molecule has 6 nitrogen and oxygen atoms in total. The lowest BCUT2D eigenvalue weighted by molar-refractivity contribution is 0.0594. The van der Waals surface area contributed by atoms with Crippen molar-refractivity contribution in [2.45, 2.75) is 39.2 Å². The van der Waals surface area contributed by atoms with Gasteiger partial charge in [-0.15, -0.1) is 0 Å². The summed E-state index contributed by atoms with van der Waals surface area (Å²) < 4.78 is 1.86. The van der Waals surface area contributed by atoms with Crippen LogP contribution in [0, 0.1) is 13.8 Å². The Kier molecular flexibility index (Phi) is 3.53. The summed E-state index contributed by atoms with van der Waals surface area (Å²) in [5, 5.41) is 11.3. The minimum absolute atomic E-state index is 0.0164. The number of rotatable bonds is 2. The topological polar surface area (TPSA) is 66.8 Å². The predicted octanol–water partition coefficient (Wildman–Crippen LogP) is 2.13. The number of amides is 1. The summed E-state index contributed by atoms with van der Waals surface area (Å²) in [6, 6.07) is 2.09. The average molecular weight is 287 g/mol. The van der Waals surface area contributed by atoms with Crippen LogP contribution in [-0.2, 0) is 7.05 Å². The number of nitrogens with one attached hydrogen (secondary N) is 1. The maximum absolute atomic E-state index is 12.9. The molecule has 3 heterocycles. The molecule has 1 amide bonds. The van der Waals surface area contributed by atoms with E-state index < -0.39 is 0 Å². The Bertz CT molecular complexity index is 657. The summed E-state index contributed by atoms with van der Waals surface area (Å²) in [4.78, 5) is 14.8. The van der Waals surface area contributed by atoms with Crippen molar-refractivity contribution in [2.75, 3.05) is 6.54 Å². The first kappa shape index (κ1) is 13.9. The molecule has 0 unspecified atom stereocenters. The van der Waals surface area contributed by atoms with Crippen LogP contribution < -0.4 is 0 Å². The van der Waals surface area contributed by atoms with Crippen molar-refractivity contribution >= 4 is 5.91 Å².